The Bertz CT molecular complexity index is 266. The molecule has 1 fully saturated rings. The molecule has 4 heteroatoms. The third-order valence-electron chi connectivity index (χ3n) is 3.36. The zero-order chi connectivity index (χ0) is 12.5. The summed E-state index contributed by atoms with van der Waals surface area (Å²) in [5, 5.41) is 14.7. The highest BCUT2D eigenvalue weighted by Crippen LogP contribution is 2.26. The van der Waals surface area contributed by atoms with Crippen molar-refractivity contribution in [3.63, 3.8) is 0 Å². The molecule has 0 heterocycles. The minimum atomic E-state index is -0.322. The van der Waals surface area contributed by atoms with Crippen molar-refractivity contribution < 1.29 is 4.79 Å². The number of hydrogen-bond donors (Lipinski definition) is 2. The van der Waals surface area contributed by atoms with Crippen LogP contribution < -0.4 is 10.6 Å². The number of carbonyl (C=O) groups is 1. The molecular weight excluding hydrogens is 214 g/mol. The van der Waals surface area contributed by atoms with E-state index < -0.39 is 0 Å². The zero-order valence-electron chi connectivity index (χ0n) is 10.7. The van der Waals surface area contributed by atoms with E-state index >= 15 is 0 Å². The molecule has 96 valence electrons. The van der Waals surface area contributed by atoms with E-state index in [1.165, 1.54) is 19.3 Å². The molecule has 0 aromatic carbocycles. The summed E-state index contributed by atoms with van der Waals surface area (Å²) in [7, 11) is 0. The van der Waals surface area contributed by atoms with Gasteiger partial charge in [-0.15, -0.1) is 0 Å². The van der Waals surface area contributed by atoms with Gasteiger partial charge in [-0.25, -0.2) is 4.79 Å². The third kappa shape index (κ3) is 5.08. The Balaban J connectivity index is 2.30. The summed E-state index contributed by atoms with van der Waals surface area (Å²) in [6, 6.07) is 1.70. The minimum Gasteiger partial charge on any atom is -0.338 e. The maximum atomic E-state index is 11.6. The summed E-state index contributed by atoms with van der Waals surface area (Å²) in [5.41, 5.74) is 0. The smallest absolute Gasteiger partial charge is 0.315 e. The Labute approximate surface area is 104 Å². The van der Waals surface area contributed by atoms with E-state index in [2.05, 4.69) is 23.6 Å². The van der Waals surface area contributed by atoms with Gasteiger partial charge in [0.25, 0.3) is 0 Å². The molecule has 0 radical (unpaired) electrons. The van der Waals surface area contributed by atoms with E-state index in [1.807, 2.05) is 0 Å². The predicted octanol–water partition coefficient (Wildman–Crippen LogP) is 2.56. The second kappa shape index (κ2) is 7.94. The van der Waals surface area contributed by atoms with Crippen molar-refractivity contribution in [1.29, 1.82) is 5.26 Å². The van der Waals surface area contributed by atoms with Gasteiger partial charge in [-0.3, -0.25) is 0 Å². The number of unbranched alkanes of at least 4 members (excludes halogenated alkanes) is 1. The summed E-state index contributed by atoms with van der Waals surface area (Å²) < 4.78 is 0. The van der Waals surface area contributed by atoms with Gasteiger partial charge in [-0.05, 0) is 25.2 Å². The topological polar surface area (TPSA) is 64.9 Å². The van der Waals surface area contributed by atoms with Gasteiger partial charge < -0.3 is 10.6 Å². The van der Waals surface area contributed by atoms with Gasteiger partial charge in [0.15, 0.2) is 0 Å². The largest absolute Gasteiger partial charge is 0.338 e. The fourth-order valence-electron chi connectivity index (χ4n) is 2.29. The average molecular weight is 237 g/mol. The van der Waals surface area contributed by atoms with Gasteiger partial charge in [0, 0.05) is 6.54 Å². The number of hydrogen-bond acceptors (Lipinski definition) is 2. The fraction of sp³-hybridized carbons (Fsp3) is 0.846. The van der Waals surface area contributed by atoms with Crippen molar-refractivity contribution in [2.45, 2.75) is 57.9 Å². The molecule has 1 aliphatic carbocycles. The molecule has 1 unspecified atom stereocenters. The van der Waals surface area contributed by atoms with Crippen LogP contribution in [0.2, 0.25) is 0 Å². The summed E-state index contributed by atoms with van der Waals surface area (Å²) in [4.78, 5) is 11.6. The molecule has 0 saturated heterocycles. The van der Waals surface area contributed by atoms with Crippen molar-refractivity contribution >= 4 is 6.03 Å². The molecule has 0 bridgehead atoms. The highest BCUT2D eigenvalue weighted by atomic mass is 16.2. The Hall–Kier alpha value is -1.24. The lowest BCUT2D eigenvalue weighted by Gasteiger charge is -2.26. The predicted molar refractivity (Wildman–Crippen MR) is 67.4 cm³/mol. The van der Waals surface area contributed by atoms with E-state index in [0.29, 0.717) is 12.5 Å². The second-order valence-electron chi connectivity index (χ2n) is 4.76. The lowest BCUT2D eigenvalue weighted by atomic mass is 9.84. The number of nitrogens with zero attached hydrogens (tertiary/aromatic N) is 1. The molecule has 17 heavy (non-hydrogen) atoms. The van der Waals surface area contributed by atoms with Crippen LogP contribution in [-0.2, 0) is 0 Å². The Morgan fingerprint density at radius 1 is 1.41 bits per heavy atom. The summed E-state index contributed by atoms with van der Waals surface area (Å²) in [5.74, 6) is 0.339. The number of nitriles is 1. The Morgan fingerprint density at radius 3 is 2.71 bits per heavy atom. The van der Waals surface area contributed by atoms with Crippen molar-refractivity contribution in [2.24, 2.45) is 5.92 Å². The molecule has 1 aliphatic rings. The lowest BCUT2D eigenvalue weighted by molar-refractivity contribution is 0.230. The monoisotopic (exact) mass is 237 g/mol. The van der Waals surface area contributed by atoms with Gasteiger partial charge in [0.1, 0.15) is 6.04 Å². The SMILES string of the molecule is CCCCNC(=O)NC(C#N)C1CCCCC1. The van der Waals surface area contributed by atoms with E-state index in [4.69, 9.17) is 5.26 Å². The molecular formula is C13H23N3O. The van der Waals surface area contributed by atoms with E-state index in [9.17, 15) is 4.79 Å². The van der Waals surface area contributed by atoms with Crippen molar-refractivity contribution in [3.8, 4) is 6.07 Å². The van der Waals surface area contributed by atoms with Gasteiger partial charge in [-0.1, -0.05) is 32.6 Å². The minimum absolute atomic E-state index is 0.199. The number of amides is 2. The van der Waals surface area contributed by atoms with Crippen LogP contribution in [-0.4, -0.2) is 18.6 Å². The normalized spacial score (nSPS) is 18.1. The summed E-state index contributed by atoms with van der Waals surface area (Å²) >= 11 is 0. The first-order chi connectivity index (χ1) is 8.27. The Kier molecular flexibility index (Phi) is 6.46. The van der Waals surface area contributed by atoms with Crippen LogP contribution in [0.25, 0.3) is 0 Å². The van der Waals surface area contributed by atoms with Crippen LogP contribution in [0.4, 0.5) is 4.79 Å². The van der Waals surface area contributed by atoms with Gasteiger partial charge in [-0.2, -0.15) is 5.26 Å². The van der Waals surface area contributed by atoms with Crippen molar-refractivity contribution in [2.75, 3.05) is 6.54 Å². The van der Waals surface area contributed by atoms with Gasteiger partial charge in [0.2, 0.25) is 0 Å². The van der Waals surface area contributed by atoms with Gasteiger partial charge in [0.05, 0.1) is 6.07 Å². The highest BCUT2D eigenvalue weighted by Gasteiger charge is 2.24. The number of carbonyl (C=O) groups excluding carboxylic acids is 1. The molecule has 0 aromatic rings. The number of nitrogens with one attached hydrogen (secondary N) is 2. The number of urea groups is 1. The number of rotatable bonds is 5. The zero-order valence-corrected chi connectivity index (χ0v) is 10.7. The second-order valence-corrected chi connectivity index (χ2v) is 4.76. The van der Waals surface area contributed by atoms with Gasteiger partial charge >= 0.3 is 6.03 Å². The van der Waals surface area contributed by atoms with Crippen LogP contribution in [0.3, 0.4) is 0 Å². The fourth-order valence-corrected chi connectivity index (χ4v) is 2.29. The highest BCUT2D eigenvalue weighted by molar-refractivity contribution is 5.74. The van der Waals surface area contributed by atoms with Crippen molar-refractivity contribution in [1.82, 2.24) is 10.6 Å². The van der Waals surface area contributed by atoms with Crippen LogP contribution in [0.5, 0.6) is 0 Å². The van der Waals surface area contributed by atoms with Crippen LogP contribution in [0.15, 0.2) is 0 Å². The molecule has 0 aromatic heterocycles. The van der Waals surface area contributed by atoms with E-state index in [1.54, 1.807) is 0 Å². The van der Waals surface area contributed by atoms with Crippen molar-refractivity contribution in [3.05, 3.63) is 0 Å². The first-order valence-corrected chi connectivity index (χ1v) is 6.72. The molecule has 0 aliphatic heterocycles. The van der Waals surface area contributed by atoms with Crippen LogP contribution >= 0.6 is 0 Å². The van der Waals surface area contributed by atoms with Crippen LogP contribution in [0, 0.1) is 17.2 Å². The Morgan fingerprint density at radius 2 is 2.12 bits per heavy atom. The third-order valence-corrected chi connectivity index (χ3v) is 3.36. The molecule has 1 rings (SSSR count). The standard InChI is InChI=1S/C13H23N3O/c1-2-3-9-15-13(17)16-12(10-14)11-7-5-4-6-8-11/h11-12H,2-9H2,1H3,(H2,15,16,17). The summed E-state index contributed by atoms with van der Waals surface area (Å²) in [6.07, 6.45) is 7.79. The lowest BCUT2D eigenvalue weighted by Crippen LogP contribution is -2.45. The first-order valence-electron chi connectivity index (χ1n) is 6.72. The molecule has 2 N–H and O–H groups in total. The molecule has 4 nitrogen and oxygen atoms in total. The summed E-state index contributed by atoms with van der Waals surface area (Å²) in [6.45, 7) is 2.77. The molecule has 1 atom stereocenters. The van der Waals surface area contributed by atoms with Crippen LogP contribution in [0.1, 0.15) is 51.9 Å². The maximum Gasteiger partial charge on any atom is 0.315 e. The molecule has 1 saturated carbocycles. The molecule has 2 amide bonds. The van der Waals surface area contributed by atoms with E-state index in [0.717, 1.165) is 25.7 Å². The maximum absolute atomic E-state index is 11.6. The quantitative estimate of drug-likeness (QED) is 0.722. The average Bonchev–Trinajstić information content (AvgIpc) is 2.37. The molecule has 0 spiro atoms. The van der Waals surface area contributed by atoms with E-state index in [-0.39, 0.29) is 12.1 Å². The first kappa shape index (κ1) is 13.8.